The van der Waals surface area contributed by atoms with Crippen LogP contribution in [0.5, 0.6) is 0 Å². The van der Waals surface area contributed by atoms with E-state index in [0.29, 0.717) is 0 Å². The van der Waals surface area contributed by atoms with Gasteiger partial charge in [0.25, 0.3) is 0 Å². The summed E-state index contributed by atoms with van der Waals surface area (Å²) in [5, 5.41) is 1.19. The Morgan fingerprint density at radius 2 is 1.68 bits per heavy atom. The molecule has 0 saturated heterocycles. The highest BCUT2D eigenvalue weighted by atomic mass is 31.2. The first-order valence-corrected chi connectivity index (χ1v) is 12.4. The van der Waals surface area contributed by atoms with Crippen LogP contribution in [0.25, 0.3) is 5.76 Å². The average Bonchev–Trinajstić information content (AvgIpc) is 2.47. The van der Waals surface area contributed by atoms with Gasteiger partial charge >= 0.3 is 7.82 Å². The second-order valence-corrected chi connectivity index (χ2v) is 11.9. The average molecular weight is 360 g/mol. The standard InChI is InChI=1S/C14H25O5PSi2/c1-6-16-20(15,17-7-2)18-12(3)13-8-10-14(11-9-13)22(4,5)19-21/h8-11H,3,6-7H2,1-2,4-5,21H3. The van der Waals surface area contributed by atoms with E-state index >= 15 is 0 Å². The smallest absolute Gasteiger partial charge is 0.460 e. The van der Waals surface area contributed by atoms with E-state index in [1.807, 2.05) is 24.3 Å². The molecule has 0 saturated carbocycles. The summed E-state index contributed by atoms with van der Waals surface area (Å²) in [5.74, 6) is 0.267. The fraction of sp³-hybridized carbons (Fsp3) is 0.429. The second-order valence-electron chi connectivity index (χ2n) is 5.09. The molecule has 1 rings (SSSR count). The zero-order valence-corrected chi connectivity index (χ0v) is 17.8. The Hall–Kier alpha value is -0.696. The largest absolute Gasteiger partial charge is 0.530 e. The first-order chi connectivity index (χ1) is 10.3. The molecule has 1 aromatic carbocycles. The van der Waals surface area contributed by atoms with Crippen LogP contribution in [-0.2, 0) is 22.3 Å². The van der Waals surface area contributed by atoms with Crippen molar-refractivity contribution >= 4 is 37.6 Å². The lowest BCUT2D eigenvalue weighted by atomic mass is 10.2. The van der Waals surface area contributed by atoms with Gasteiger partial charge in [0.15, 0.2) is 0 Å². The first-order valence-electron chi connectivity index (χ1n) is 7.21. The number of benzene rings is 1. The molecule has 0 radical (unpaired) electrons. The zero-order chi connectivity index (χ0) is 16.8. The lowest BCUT2D eigenvalue weighted by molar-refractivity contribution is 0.159. The molecule has 0 atom stereocenters. The lowest BCUT2D eigenvalue weighted by Crippen LogP contribution is -2.43. The van der Waals surface area contributed by atoms with Gasteiger partial charge in [-0.05, 0) is 32.1 Å². The molecule has 0 aliphatic heterocycles. The Morgan fingerprint density at radius 3 is 2.09 bits per heavy atom. The van der Waals surface area contributed by atoms with E-state index in [4.69, 9.17) is 17.7 Å². The summed E-state index contributed by atoms with van der Waals surface area (Å²) in [6, 6.07) is 7.77. The van der Waals surface area contributed by atoms with Gasteiger partial charge in [-0.1, -0.05) is 30.8 Å². The normalized spacial score (nSPS) is 12.4. The van der Waals surface area contributed by atoms with Crippen LogP contribution < -0.4 is 5.19 Å². The molecule has 1 aromatic rings. The van der Waals surface area contributed by atoms with E-state index < -0.39 is 16.1 Å². The molecule has 0 heterocycles. The number of phosphoric ester groups is 1. The van der Waals surface area contributed by atoms with Crippen molar-refractivity contribution in [2.75, 3.05) is 13.2 Å². The predicted molar refractivity (Wildman–Crippen MR) is 95.6 cm³/mol. The topological polar surface area (TPSA) is 54.0 Å². The van der Waals surface area contributed by atoms with Crippen LogP contribution in [0, 0.1) is 0 Å². The monoisotopic (exact) mass is 360 g/mol. The maximum absolute atomic E-state index is 12.3. The van der Waals surface area contributed by atoms with Gasteiger partial charge in [-0.15, -0.1) is 0 Å². The van der Waals surface area contributed by atoms with Crippen LogP contribution in [0.2, 0.25) is 13.1 Å². The van der Waals surface area contributed by atoms with Crippen LogP contribution >= 0.6 is 7.82 Å². The van der Waals surface area contributed by atoms with Crippen molar-refractivity contribution in [2.24, 2.45) is 0 Å². The molecule has 0 amide bonds. The van der Waals surface area contributed by atoms with Crippen molar-refractivity contribution in [1.82, 2.24) is 0 Å². The lowest BCUT2D eigenvalue weighted by Gasteiger charge is -2.22. The molecule has 0 aliphatic carbocycles. The minimum Gasteiger partial charge on any atom is -0.460 e. The third-order valence-electron chi connectivity index (χ3n) is 3.21. The first kappa shape index (κ1) is 19.4. The Kier molecular flexibility index (Phi) is 7.25. The molecule has 124 valence electrons. The predicted octanol–water partition coefficient (Wildman–Crippen LogP) is 2.56. The highest BCUT2D eigenvalue weighted by Crippen LogP contribution is 2.52. The Bertz CT molecular complexity index is 535. The van der Waals surface area contributed by atoms with Gasteiger partial charge in [-0.25, -0.2) is 4.57 Å². The van der Waals surface area contributed by atoms with Crippen LogP contribution in [0.15, 0.2) is 30.8 Å². The summed E-state index contributed by atoms with van der Waals surface area (Å²) in [7, 11) is -4.68. The van der Waals surface area contributed by atoms with Gasteiger partial charge < -0.3 is 8.64 Å². The van der Waals surface area contributed by atoms with E-state index in [9.17, 15) is 4.57 Å². The van der Waals surface area contributed by atoms with Crippen molar-refractivity contribution in [3.05, 3.63) is 36.4 Å². The third-order valence-corrected chi connectivity index (χ3v) is 10.6. The van der Waals surface area contributed by atoms with Crippen molar-refractivity contribution in [2.45, 2.75) is 26.9 Å². The molecule has 0 unspecified atom stereocenters. The number of rotatable bonds is 9. The molecule has 0 aliphatic rings. The van der Waals surface area contributed by atoms with Crippen LogP contribution in [-0.4, -0.2) is 32.0 Å². The van der Waals surface area contributed by atoms with Gasteiger partial charge in [0.1, 0.15) is 16.2 Å². The fourth-order valence-electron chi connectivity index (χ4n) is 1.77. The minimum absolute atomic E-state index is 0.237. The van der Waals surface area contributed by atoms with Crippen LogP contribution in [0.4, 0.5) is 0 Å². The quantitative estimate of drug-likeness (QED) is 0.385. The van der Waals surface area contributed by atoms with E-state index in [0.717, 1.165) is 16.0 Å². The maximum Gasteiger partial charge on any atom is 0.530 e. The Balaban J connectivity index is 2.88. The summed E-state index contributed by atoms with van der Waals surface area (Å²) < 4.78 is 33.6. The molecular formula is C14H25O5PSi2. The van der Waals surface area contributed by atoms with E-state index in [2.05, 4.69) is 19.7 Å². The summed E-state index contributed by atoms with van der Waals surface area (Å²) in [4.78, 5) is 0. The molecule has 0 bridgehead atoms. The Morgan fingerprint density at radius 1 is 1.18 bits per heavy atom. The highest BCUT2D eigenvalue weighted by molar-refractivity contribution is 7.48. The third kappa shape index (κ3) is 5.19. The number of phosphoric acid groups is 1. The number of hydrogen-bond acceptors (Lipinski definition) is 5. The molecule has 5 nitrogen and oxygen atoms in total. The molecule has 0 N–H and O–H groups in total. The number of hydrogen-bond donors (Lipinski definition) is 0. The van der Waals surface area contributed by atoms with E-state index in [-0.39, 0.29) is 19.0 Å². The minimum atomic E-state index is -3.60. The molecule has 22 heavy (non-hydrogen) atoms. The fourth-order valence-corrected chi connectivity index (χ4v) is 4.87. The molecule has 0 aromatic heterocycles. The van der Waals surface area contributed by atoms with Crippen molar-refractivity contribution < 1.29 is 22.3 Å². The van der Waals surface area contributed by atoms with Gasteiger partial charge in [-0.3, -0.25) is 9.05 Å². The highest BCUT2D eigenvalue weighted by Gasteiger charge is 2.28. The van der Waals surface area contributed by atoms with Gasteiger partial charge in [0, 0.05) is 5.56 Å². The summed E-state index contributed by atoms with van der Waals surface area (Å²) in [6.45, 7) is 12.1. The maximum atomic E-state index is 12.3. The van der Waals surface area contributed by atoms with E-state index in [1.165, 1.54) is 5.19 Å². The van der Waals surface area contributed by atoms with E-state index in [1.54, 1.807) is 13.8 Å². The van der Waals surface area contributed by atoms with Crippen molar-refractivity contribution in [3.8, 4) is 0 Å². The SMILES string of the molecule is C=C(OP(=O)(OCC)OCC)c1ccc([Si](C)(C)O[SiH3])cc1. The van der Waals surface area contributed by atoms with Crippen molar-refractivity contribution in [1.29, 1.82) is 0 Å². The summed E-state index contributed by atoms with van der Waals surface area (Å²) in [5.41, 5.74) is 0.738. The zero-order valence-electron chi connectivity index (χ0n) is 13.9. The summed E-state index contributed by atoms with van der Waals surface area (Å²) >= 11 is 0. The molecular weight excluding hydrogens is 335 g/mol. The molecule has 0 spiro atoms. The molecule has 0 fully saturated rings. The van der Waals surface area contributed by atoms with Crippen molar-refractivity contribution in [3.63, 3.8) is 0 Å². The van der Waals surface area contributed by atoms with Crippen LogP contribution in [0.3, 0.4) is 0 Å². The summed E-state index contributed by atoms with van der Waals surface area (Å²) in [6.07, 6.45) is 0. The second kappa shape index (κ2) is 8.24. The Labute approximate surface area is 136 Å². The van der Waals surface area contributed by atoms with Crippen LogP contribution in [0.1, 0.15) is 19.4 Å². The molecule has 8 heteroatoms. The van der Waals surface area contributed by atoms with Gasteiger partial charge in [0.05, 0.1) is 13.2 Å². The van der Waals surface area contributed by atoms with Gasteiger partial charge in [-0.2, -0.15) is 0 Å². The van der Waals surface area contributed by atoms with Gasteiger partial charge in [0.2, 0.25) is 8.32 Å².